The summed E-state index contributed by atoms with van der Waals surface area (Å²) in [5.74, 6) is -0.0888. The summed E-state index contributed by atoms with van der Waals surface area (Å²) in [5, 5.41) is 2.79. The average Bonchev–Trinajstić information content (AvgIpc) is 2.31. The van der Waals surface area contributed by atoms with Gasteiger partial charge in [0.15, 0.2) is 0 Å². The van der Waals surface area contributed by atoms with Crippen LogP contribution < -0.4 is 5.32 Å². The molecule has 2 rings (SSSR count). The lowest BCUT2D eigenvalue weighted by molar-refractivity contribution is -0.132. The highest BCUT2D eigenvalue weighted by atomic mass is 16.2. The first kappa shape index (κ1) is 9.45. The van der Waals surface area contributed by atoms with Gasteiger partial charge in [-0.3, -0.25) is 9.69 Å². The number of nitrogens with one attached hydrogen (secondary N) is 1. The van der Waals surface area contributed by atoms with Gasteiger partial charge in [-0.15, -0.1) is 0 Å². The number of imide groups is 1. The van der Waals surface area contributed by atoms with Crippen LogP contribution in [0.5, 0.6) is 0 Å². The van der Waals surface area contributed by atoms with Crippen LogP contribution in [0.15, 0.2) is 0 Å². The summed E-state index contributed by atoms with van der Waals surface area (Å²) in [7, 11) is 3.50. The summed E-state index contributed by atoms with van der Waals surface area (Å²) >= 11 is 0. The number of carbonyl (C=O) groups excluding carboxylic acids is 2. The zero-order valence-corrected chi connectivity index (χ0v) is 8.54. The molecular weight excluding hydrogens is 182 g/mol. The zero-order chi connectivity index (χ0) is 10.3. The minimum Gasteiger partial charge on any atom is -0.322 e. The molecule has 14 heavy (non-hydrogen) atoms. The van der Waals surface area contributed by atoms with E-state index in [0.29, 0.717) is 6.54 Å². The number of amides is 3. The summed E-state index contributed by atoms with van der Waals surface area (Å²) in [5.41, 5.74) is -0.640. The molecule has 1 unspecified atom stereocenters. The molecule has 0 radical (unpaired) electrons. The number of hydrogen-bond donors (Lipinski definition) is 1. The maximum atomic E-state index is 11.9. The molecule has 0 aromatic carbocycles. The third-order valence-corrected chi connectivity index (χ3v) is 3.05. The van der Waals surface area contributed by atoms with Crippen molar-refractivity contribution in [2.45, 2.75) is 18.4 Å². The van der Waals surface area contributed by atoms with Gasteiger partial charge in [0.2, 0.25) is 0 Å². The number of hydrogen-bond acceptors (Lipinski definition) is 3. The van der Waals surface area contributed by atoms with Crippen LogP contribution in [0.4, 0.5) is 4.79 Å². The molecule has 1 spiro atoms. The Hall–Kier alpha value is -1.10. The fourth-order valence-electron chi connectivity index (χ4n) is 2.30. The van der Waals surface area contributed by atoms with Gasteiger partial charge in [0.25, 0.3) is 5.91 Å². The monoisotopic (exact) mass is 197 g/mol. The number of piperidine rings is 1. The van der Waals surface area contributed by atoms with E-state index in [9.17, 15) is 9.59 Å². The molecule has 2 fully saturated rings. The average molecular weight is 197 g/mol. The fraction of sp³-hybridized carbons (Fsp3) is 0.778. The summed E-state index contributed by atoms with van der Waals surface area (Å²) in [6.07, 6.45) is 1.71. The van der Waals surface area contributed by atoms with Gasteiger partial charge >= 0.3 is 6.03 Å². The van der Waals surface area contributed by atoms with E-state index in [2.05, 4.69) is 10.2 Å². The van der Waals surface area contributed by atoms with Gasteiger partial charge in [0.05, 0.1) is 0 Å². The summed E-state index contributed by atoms with van der Waals surface area (Å²) in [6, 6.07) is -0.273. The van der Waals surface area contributed by atoms with E-state index in [1.54, 1.807) is 0 Å². The number of nitrogens with zero attached hydrogens (tertiary/aromatic N) is 2. The third kappa shape index (κ3) is 1.19. The number of likely N-dealkylation sites (tertiary alicyclic amines) is 1. The lowest BCUT2D eigenvalue weighted by atomic mass is 9.89. The molecule has 0 aromatic heterocycles. The van der Waals surface area contributed by atoms with Crippen molar-refractivity contribution in [2.24, 2.45) is 0 Å². The van der Waals surface area contributed by atoms with Gasteiger partial charge in [0, 0.05) is 13.6 Å². The van der Waals surface area contributed by atoms with Crippen LogP contribution in [-0.4, -0.2) is 54.5 Å². The Morgan fingerprint density at radius 3 is 2.57 bits per heavy atom. The number of carbonyl (C=O) groups is 2. The van der Waals surface area contributed by atoms with Crippen LogP contribution >= 0.6 is 0 Å². The van der Waals surface area contributed by atoms with E-state index in [4.69, 9.17) is 0 Å². The molecule has 0 aliphatic carbocycles. The van der Waals surface area contributed by atoms with Crippen LogP contribution in [0.1, 0.15) is 12.8 Å². The largest absolute Gasteiger partial charge is 0.324 e. The first-order valence-corrected chi connectivity index (χ1v) is 4.84. The van der Waals surface area contributed by atoms with E-state index < -0.39 is 5.54 Å². The molecule has 2 saturated heterocycles. The second kappa shape index (κ2) is 2.95. The van der Waals surface area contributed by atoms with Crippen molar-refractivity contribution in [3.63, 3.8) is 0 Å². The van der Waals surface area contributed by atoms with Crippen molar-refractivity contribution in [3.05, 3.63) is 0 Å². The molecule has 5 heteroatoms. The summed E-state index contributed by atoms with van der Waals surface area (Å²) in [4.78, 5) is 26.5. The second-order valence-electron chi connectivity index (χ2n) is 4.22. The Labute approximate surface area is 83.0 Å². The van der Waals surface area contributed by atoms with E-state index in [0.717, 1.165) is 19.4 Å². The van der Waals surface area contributed by atoms with Gasteiger partial charge in [-0.2, -0.15) is 0 Å². The van der Waals surface area contributed by atoms with Gasteiger partial charge in [-0.25, -0.2) is 4.79 Å². The van der Waals surface area contributed by atoms with Gasteiger partial charge in [-0.1, -0.05) is 0 Å². The highest BCUT2D eigenvalue weighted by molar-refractivity contribution is 6.07. The Bertz CT molecular complexity index is 292. The first-order valence-electron chi connectivity index (χ1n) is 4.84. The highest BCUT2D eigenvalue weighted by Crippen LogP contribution is 2.26. The van der Waals surface area contributed by atoms with Crippen LogP contribution in [-0.2, 0) is 4.79 Å². The molecule has 5 nitrogen and oxygen atoms in total. The minimum absolute atomic E-state index is 0.0888. The Balaban J connectivity index is 2.24. The molecule has 1 N–H and O–H groups in total. The van der Waals surface area contributed by atoms with Crippen LogP contribution in [0.3, 0.4) is 0 Å². The Morgan fingerprint density at radius 1 is 1.36 bits per heavy atom. The quantitative estimate of drug-likeness (QED) is 0.539. The molecule has 1 atom stereocenters. The molecule has 3 amide bonds. The highest BCUT2D eigenvalue weighted by Gasteiger charge is 2.51. The summed E-state index contributed by atoms with van der Waals surface area (Å²) in [6.45, 7) is 1.62. The maximum absolute atomic E-state index is 11.9. The molecule has 0 saturated carbocycles. The smallest absolute Gasteiger partial charge is 0.322 e. The molecule has 2 heterocycles. The Kier molecular flexibility index (Phi) is 1.99. The van der Waals surface area contributed by atoms with E-state index >= 15 is 0 Å². The lowest BCUT2D eigenvalue weighted by Gasteiger charge is -2.36. The molecule has 2 aliphatic heterocycles. The van der Waals surface area contributed by atoms with Crippen molar-refractivity contribution >= 4 is 11.9 Å². The van der Waals surface area contributed by atoms with Crippen molar-refractivity contribution in [2.75, 3.05) is 27.2 Å². The molecule has 78 valence electrons. The Morgan fingerprint density at radius 2 is 2.07 bits per heavy atom. The number of likely N-dealkylation sites (N-methyl/N-ethyl adjacent to an activating group) is 2. The normalized spacial score (nSPS) is 34.0. The number of urea groups is 1. The van der Waals surface area contributed by atoms with Crippen molar-refractivity contribution < 1.29 is 9.59 Å². The van der Waals surface area contributed by atoms with Crippen molar-refractivity contribution in [1.29, 1.82) is 0 Å². The van der Waals surface area contributed by atoms with Gasteiger partial charge in [0.1, 0.15) is 5.54 Å². The second-order valence-corrected chi connectivity index (χ2v) is 4.22. The van der Waals surface area contributed by atoms with Gasteiger partial charge < -0.3 is 10.2 Å². The van der Waals surface area contributed by atoms with Crippen LogP contribution in [0.25, 0.3) is 0 Å². The predicted octanol–water partition coefficient (Wildman–Crippen LogP) is -0.368. The molecule has 0 aromatic rings. The lowest BCUT2D eigenvalue weighted by Crippen LogP contribution is -2.57. The van der Waals surface area contributed by atoms with Gasteiger partial charge in [-0.05, 0) is 26.4 Å². The fourth-order valence-corrected chi connectivity index (χ4v) is 2.30. The maximum Gasteiger partial charge on any atom is 0.324 e. The standard InChI is InChI=1S/C9H15N3O2/c1-11-5-3-4-9(6-11)7(13)12(2)8(14)10-9/h3-6H2,1-2H3,(H,10,14). The van der Waals surface area contributed by atoms with E-state index in [-0.39, 0.29) is 11.9 Å². The zero-order valence-electron chi connectivity index (χ0n) is 8.54. The minimum atomic E-state index is -0.640. The van der Waals surface area contributed by atoms with Crippen molar-refractivity contribution in [3.8, 4) is 0 Å². The first-order chi connectivity index (χ1) is 6.55. The van der Waals surface area contributed by atoms with Crippen LogP contribution in [0, 0.1) is 0 Å². The molecule has 2 aliphatic rings. The van der Waals surface area contributed by atoms with Crippen molar-refractivity contribution in [1.82, 2.24) is 15.1 Å². The predicted molar refractivity (Wildman–Crippen MR) is 50.8 cm³/mol. The summed E-state index contributed by atoms with van der Waals surface area (Å²) < 4.78 is 0. The number of rotatable bonds is 0. The van der Waals surface area contributed by atoms with Crippen LogP contribution in [0.2, 0.25) is 0 Å². The molecule has 0 bridgehead atoms. The third-order valence-electron chi connectivity index (χ3n) is 3.05. The molecular formula is C9H15N3O2. The van der Waals surface area contributed by atoms with E-state index in [1.165, 1.54) is 11.9 Å². The van der Waals surface area contributed by atoms with E-state index in [1.807, 2.05) is 7.05 Å². The SMILES string of the molecule is CN1CCCC2(C1)NC(=O)N(C)C2=O. The topological polar surface area (TPSA) is 52.7 Å².